The number of carbonyl (C=O) groups is 2. The number of aliphatic carboxylic acids is 1. The number of rotatable bonds is 7. The van der Waals surface area contributed by atoms with Crippen molar-refractivity contribution in [2.45, 2.75) is 6.42 Å². The maximum atomic E-state index is 11.7. The Balaban J connectivity index is 2.80. The molecule has 7 heteroatoms. The smallest absolute Gasteiger partial charge is 0.316 e. The van der Waals surface area contributed by atoms with E-state index in [1.165, 1.54) is 12.2 Å². The molecule has 1 unspecified atom stereocenters. The van der Waals surface area contributed by atoms with Gasteiger partial charge < -0.3 is 5.11 Å². The second-order valence-electron chi connectivity index (χ2n) is 4.14. The van der Waals surface area contributed by atoms with Crippen LogP contribution in [0.15, 0.2) is 48.4 Å². The van der Waals surface area contributed by atoms with E-state index in [2.05, 4.69) is 6.58 Å². The Labute approximate surface area is 122 Å². The average molecular weight is 309 g/mol. The fourth-order valence-corrected chi connectivity index (χ4v) is 2.29. The molecule has 0 aromatic heterocycles. The zero-order valence-corrected chi connectivity index (χ0v) is 11.9. The summed E-state index contributed by atoms with van der Waals surface area (Å²) in [6.45, 7) is 3.33. The van der Waals surface area contributed by atoms with Crippen LogP contribution in [0.25, 0.3) is 6.08 Å². The van der Waals surface area contributed by atoms with Gasteiger partial charge in [0, 0.05) is 0 Å². The molecule has 1 aromatic rings. The number of sulfonamides is 1. The van der Waals surface area contributed by atoms with E-state index in [4.69, 9.17) is 5.11 Å². The van der Waals surface area contributed by atoms with Crippen molar-refractivity contribution in [2.75, 3.05) is 0 Å². The van der Waals surface area contributed by atoms with Crippen LogP contribution in [0, 0.1) is 5.92 Å². The Bertz CT molecular complexity index is 649. The zero-order valence-electron chi connectivity index (χ0n) is 11.1. The summed E-state index contributed by atoms with van der Waals surface area (Å²) in [5.74, 6) is -3.99. The van der Waals surface area contributed by atoms with Crippen molar-refractivity contribution < 1.29 is 23.1 Å². The molecule has 21 heavy (non-hydrogen) atoms. The molecule has 0 fully saturated rings. The molecule has 2 N–H and O–H groups in total. The molecule has 0 aliphatic heterocycles. The summed E-state index contributed by atoms with van der Waals surface area (Å²) in [6.07, 6.45) is 2.39. The fraction of sp³-hybridized carbons (Fsp3) is 0.143. The largest absolute Gasteiger partial charge is 0.481 e. The van der Waals surface area contributed by atoms with Crippen molar-refractivity contribution in [2.24, 2.45) is 5.92 Å². The SMILES string of the molecule is C=CCC(C(=O)O)C(=O)NS(=O)(=O)C=Cc1ccccc1. The van der Waals surface area contributed by atoms with Gasteiger partial charge in [-0.05, 0) is 18.1 Å². The van der Waals surface area contributed by atoms with Crippen LogP contribution in [0.5, 0.6) is 0 Å². The van der Waals surface area contributed by atoms with Crippen LogP contribution >= 0.6 is 0 Å². The normalized spacial score (nSPS) is 12.8. The first-order valence-corrected chi connectivity index (χ1v) is 7.54. The van der Waals surface area contributed by atoms with Gasteiger partial charge in [0.1, 0.15) is 5.92 Å². The molecule has 0 bridgehead atoms. The average Bonchev–Trinajstić information content (AvgIpc) is 2.43. The molecule has 1 aromatic carbocycles. The predicted octanol–water partition coefficient (Wildman–Crippen LogP) is 1.38. The molecule has 112 valence electrons. The van der Waals surface area contributed by atoms with Gasteiger partial charge in [-0.1, -0.05) is 36.4 Å². The Morgan fingerprint density at radius 3 is 2.43 bits per heavy atom. The van der Waals surface area contributed by atoms with Crippen LogP contribution in [0.3, 0.4) is 0 Å². The van der Waals surface area contributed by atoms with Crippen molar-refractivity contribution in [1.29, 1.82) is 0 Å². The Kier molecular flexibility index (Phi) is 5.86. The molecule has 1 amide bonds. The van der Waals surface area contributed by atoms with Gasteiger partial charge in [0.2, 0.25) is 5.91 Å². The monoisotopic (exact) mass is 309 g/mol. The maximum Gasteiger partial charge on any atom is 0.316 e. The van der Waals surface area contributed by atoms with E-state index >= 15 is 0 Å². The lowest BCUT2D eigenvalue weighted by Crippen LogP contribution is -2.37. The molecule has 0 spiro atoms. The van der Waals surface area contributed by atoms with E-state index in [1.807, 2.05) is 0 Å². The van der Waals surface area contributed by atoms with Crippen LogP contribution in [0.2, 0.25) is 0 Å². The Morgan fingerprint density at radius 2 is 1.90 bits per heavy atom. The highest BCUT2D eigenvalue weighted by Gasteiger charge is 2.27. The van der Waals surface area contributed by atoms with Crippen molar-refractivity contribution in [3.63, 3.8) is 0 Å². The van der Waals surface area contributed by atoms with Crippen LogP contribution in [-0.2, 0) is 19.6 Å². The summed E-state index contributed by atoms with van der Waals surface area (Å²) in [5, 5.41) is 9.67. The molecular formula is C14H15NO5S. The van der Waals surface area contributed by atoms with Crippen molar-refractivity contribution >= 4 is 28.0 Å². The van der Waals surface area contributed by atoms with Crippen molar-refractivity contribution in [3.05, 3.63) is 54.0 Å². The molecule has 0 saturated carbocycles. The van der Waals surface area contributed by atoms with Gasteiger partial charge in [-0.15, -0.1) is 6.58 Å². The molecule has 1 atom stereocenters. The minimum absolute atomic E-state index is 0.154. The summed E-state index contributed by atoms with van der Waals surface area (Å²) in [6, 6.07) is 8.61. The lowest BCUT2D eigenvalue weighted by atomic mass is 10.1. The summed E-state index contributed by atoms with van der Waals surface area (Å²) >= 11 is 0. The molecule has 0 aliphatic rings. The third kappa shape index (κ3) is 5.62. The minimum Gasteiger partial charge on any atom is -0.481 e. The predicted molar refractivity (Wildman–Crippen MR) is 78.5 cm³/mol. The van der Waals surface area contributed by atoms with E-state index in [9.17, 15) is 18.0 Å². The highest BCUT2D eigenvalue weighted by molar-refractivity contribution is 7.93. The first-order valence-electron chi connectivity index (χ1n) is 5.99. The van der Waals surface area contributed by atoms with E-state index in [0.717, 1.165) is 5.41 Å². The van der Waals surface area contributed by atoms with E-state index in [0.29, 0.717) is 5.56 Å². The molecule has 0 radical (unpaired) electrons. The number of allylic oxidation sites excluding steroid dienone is 1. The molecule has 6 nitrogen and oxygen atoms in total. The highest BCUT2D eigenvalue weighted by atomic mass is 32.2. The van der Waals surface area contributed by atoms with E-state index in [1.54, 1.807) is 35.1 Å². The topological polar surface area (TPSA) is 101 Å². The number of benzene rings is 1. The zero-order chi connectivity index (χ0) is 15.9. The molecular weight excluding hydrogens is 294 g/mol. The van der Waals surface area contributed by atoms with Gasteiger partial charge in [0.15, 0.2) is 0 Å². The van der Waals surface area contributed by atoms with Crippen LogP contribution in [-0.4, -0.2) is 25.4 Å². The number of hydrogen-bond acceptors (Lipinski definition) is 4. The van der Waals surface area contributed by atoms with Crippen LogP contribution in [0.1, 0.15) is 12.0 Å². The number of hydrogen-bond donors (Lipinski definition) is 2. The Morgan fingerprint density at radius 1 is 1.29 bits per heavy atom. The molecule has 0 heterocycles. The molecule has 0 saturated heterocycles. The van der Waals surface area contributed by atoms with E-state index in [-0.39, 0.29) is 6.42 Å². The Hall–Kier alpha value is -2.41. The minimum atomic E-state index is -4.05. The fourth-order valence-electron chi connectivity index (χ4n) is 1.46. The van der Waals surface area contributed by atoms with Crippen molar-refractivity contribution in [1.82, 2.24) is 4.72 Å². The lowest BCUT2D eigenvalue weighted by Gasteiger charge is -2.09. The number of carboxylic acid groups (broad SMARTS) is 1. The quantitative estimate of drug-likeness (QED) is 0.585. The maximum absolute atomic E-state index is 11.7. The van der Waals surface area contributed by atoms with Crippen LogP contribution in [0.4, 0.5) is 0 Å². The van der Waals surface area contributed by atoms with Gasteiger partial charge >= 0.3 is 5.97 Å². The summed E-state index contributed by atoms with van der Waals surface area (Å²) in [4.78, 5) is 22.5. The molecule has 0 aliphatic carbocycles. The van der Waals surface area contributed by atoms with Crippen molar-refractivity contribution in [3.8, 4) is 0 Å². The number of carboxylic acids is 1. The second-order valence-corrected chi connectivity index (χ2v) is 5.71. The van der Waals surface area contributed by atoms with E-state index < -0.39 is 27.8 Å². The standard InChI is InChI=1S/C14H15NO5S/c1-2-6-12(14(17)18)13(16)15-21(19,20)10-9-11-7-4-3-5-8-11/h2-5,7-10,12H,1,6H2,(H,15,16)(H,17,18). The lowest BCUT2D eigenvalue weighted by molar-refractivity contribution is -0.146. The first kappa shape index (κ1) is 16.6. The molecule has 1 rings (SSSR count). The van der Waals surface area contributed by atoms with Gasteiger partial charge in [-0.3, -0.25) is 9.59 Å². The summed E-state index contributed by atoms with van der Waals surface area (Å²) in [7, 11) is -4.05. The summed E-state index contributed by atoms with van der Waals surface area (Å²) < 4.78 is 25.1. The first-order chi connectivity index (χ1) is 9.85. The highest BCUT2D eigenvalue weighted by Crippen LogP contribution is 2.07. The third-order valence-electron chi connectivity index (χ3n) is 2.50. The number of nitrogens with one attached hydrogen (secondary N) is 1. The van der Waals surface area contributed by atoms with Gasteiger partial charge in [-0.2, -0.15) is 0 Å². The second kappa shape index (κ2) is 7.39. The number of carbonyl (C=O) groups excluding carboxylic acids is 1. The van der Waals surface area contributed by atoms with Gasteiger partial charge in [0.05, 0.1) is 5.41 Å². The third-order valence-corrected chi connectivity index (χ3v) is 3.48. The van der Waals surface area contributed by atoms with Gasteiger partial charge in [0.25, 0.3) is 10.0 Å². The van der Waals surface area contributed by atoms with Crippen LogP contribution < -0.4 is 4.72 Å². The summed E-state index contributed by atoms with van der Waals surface area (Å²) in [5.41, 5.74) is 0.635. The van der Waals surface area contributed by atoms with Gasteiger partial charge in [-0.25, -0.2) is 13.1 Å². The number of amides is 1.